The van der Waals surface area contributed by atoms with Gasteiger partial charge in [-0.2, -0.15) is 16.7 Å². The highest BCUT2D eigenvalue weighted by Crippen LogP contribution is 2.44. The van der Waals surface area contributed by atoms with Crippen molar-refractivity contribution in [1.29, 1.82) is 0 Å². The summed E-state index contributed by atoms with van der Waals surface area (Å²) in [7, 11) is 3.30. The van der Waals surface area contributed by atoms with Crippen molar-refractivity contribution in [2.45, 2.75) is 63.6 Å². The zero-order valence-corrected chi connectivity index (χ0v) is 36.1. The van der Waals surface area contributed by atoms with Crippen LogP contribution in [0.1, 0.15) is 83.3 Å². The van der Waals surface area contributed by atoms with Crippen molar-refractivity contribution in [3.8, 4) is 21.9 Å². The number of aryl methyl sites for hydroxylation is 1. The van der Waals surface area contributed by atoms with Crippen molar-refractivity contribution < 1.29 is 23.5 Å². The molecule has 0 saturated carbocycles. The Hall–Kier alpha value is -5.51. The molecule has 6 heterocycles. The lowest BCUT2D eigenvalue weighted by atomic mass is 9.81. The fourth-order valence-electron chi connectivity index (χ4n) is 8.79. The summed E-state index contributed by atoms with van der Waals surface area (Å²) >= 11 is 3.33. The summed E-state index contributed by atoms with van der Waals surface area (Å²) in [5, 5.41) is 4.12. The minimum absolute atomic E-state index is 0.0192. The zero-order chi connectivity index (χ0) is 42.0. The third-order valence-electron chi connectivity index (χ3n) is 11.9. The Labute approximate surface area is 361 Å². The molecule has 2 fully saturated rings. The van der Waals surface area contributed by atoms with Gasteiger partial charge in [0.25, 0.3) is 11.5 Å². The van der Waals surface area contributed by atoms with E-state index in [1.165, 1.54) is 21.5 Å². The second kappa shape index (κ2) is 17.8. The highest BCUT2D eigenvalue weighted by Gasteiger charge is 2.35. The van der Waals surface area contributed by atoms with E-state index in [2.05, 4.69) is 16.2 Å². The molecule has 0 radical (unpaired) electrons. The van der Waals surface area contributed by atoms with Crippen molar-refractivity contribution in [1.82, 2.24) is 24.2 Å². The molecule has 0 aliphatic carbocycles. The van der Waals surface area contributed by atoms with Gasteiger partial charge in [0, 0.05) is 72.5 Å². The van der Waals surface area contributed by atoms with Crippen LogP contribution in [0.2, 0.25) is 0 Å². The van der Waals surface area contributed by atoms with Crippen LogP contribution >= 0.6 is 23.1 Å². The number of aliphatic imine (C=N–C) groups is 1. The molecule has 316 valence electrons. The predicted octanol–water partition coefficient (Wildman–Crippen LogP) is 7.23. The van der Waals surface area contributed by atoms with Crippen LogP contribution in [0.15, 0.2) is 91.9 Å². The number of hydrogen-bond donors (Lipinski definition) is 0. The molecule has 2 saturated heterocycles. The van der Waals surface area contributed by atoms with Crippen LogP contribution in [-0.4, -0.2) is 93.9 Å². The first-order valence-electron chi connectivity index (χ1n) is 20.9. The van der Waals surface area contributed by atoms with E-state index in [1.54, 1.807) is 18.8 Å². The minimum atomic E-state index is -0.438. The number of thiophene rings is 1. The maximum absolute atomic E-state index is 14.4. The van der Waals surface area contributed by atoms with Crippen molar-refractivity contribution in [2.24, 2.45) is 4.99 Å². The number of hydrogen-bond acceptors (Lipinski definition) is 12. The average molecular weight is 861 g/mol. The summed E-state index contributed by atoms with van der Waals surface area (Å²) in [6.07, 6.45) is 3.22. The molecule has 3 aliphatic rings. The number of carbonyl (C=O) groups is 1. The number of nitrogens with zero attached hydrogens (tertiary/aromatic N) is 6. The van der Waals surface area contributed by atoms with Gasteiger partial charge < -0.3 is 23.6 Å². The fourth-order valence-corrected chi connectivity index (χ4v) is 11.1. The number of piperidine rings is 1. The van der Waals surface area contributed by atoms with Gasteiger partial charge in [0.2, 0.25) is 5.89 Å². The SMILES string of the molecule is CCOc1cc2c(cc1OC)C(c1ccc(C(=O)N3CCC(n4c(=O)c5sc(-c6ccccc6)cc5n(Cc5nc(CCCOC)no5)c4=O)CC3)cc1)=N[C@@H]1CCSC[C@H]21. The van der Waals surface area contributed by atoms with Gasteiger partial charge in [0.15, 0.2) is 17.3 Å². The van der Waals surface area contributed by atoms with Gasteiger partial charge >= 0.3 is 5.69 Å². The largest absolute Gasteiger partial charge is 0.493 e. The maximum Gasteiger partial charge on any atom is 0.332 e. The standard InChI is InChI=1S/C46H48N6O7S2/c1-4-58-38-23-32-33(24-37(38)57-3)42(47-35-18-22-60-27-34(32)35)29-12-14-30(15-13-29)44(53)50-19-16-31(17-20-50)52-45(54)43-36(25-39(61-43)28-9-6-5-7-10-28)51(46(52)55)26-41-48-40(49-59-41)11-8-21-56-2/h5-7,9-10,12-15,23-25,31,34-35H,4,8,11,16-22,26-27H2,1-3H3/t34-,35-/m1/s1. The van der Waals surface area contributed by atoms with Crippen molar-refractivity contribution in [3.05, 3.63) is 128 Å². The van der Waals surface area contributed by atoms with E-state index in [0.29, 0.717) is 78.8 Å². The molecule has 0 spiro atoms. The second-order valence-electron chi connectivity index (χ2n) is 15.6. The van der Waals surface area contributed by atoms with Crippen LogP contribution in [0, 0.1) is 0 Å². The monoisotopic (exact) mass is 860 g/mol. The first-order valence-corrected chi connectivity index (χ1v) is 22.9. The first-order chi connectivity index (χ1) is 29.8. The Balaban J connectivity index is 0.957. The number of rotatable bonds is 13. The quantitative estimate of drug-likeness (QED) is 0.109. The average Bonchev–Trinajstić information content (AvgIpc) is 3.96. The number of fused-ring (bicyclic) bond motifs is 4. The zero-order valence-electron chi connectivity index (χ0n) is 34.5. The van der Waals surface area contributed by atoms with E-state index in [4.69, 9.17) is 23.7 Å². The summed E-state index contributed by atoms with van der Waals surface area (Å²) in [4.78, 5) is 55.2. The van der Waals surface area contributed by atoms with E-state index < -0.39 is 11.7 Å². The molecule has 6 aromatic rings. The number of aromatic nitrogens is 4. The number of thioether (sulfide) groups is 1. The van der Waals surface area contributed by atoms with E-state index in [9.17, 15) is 14.4 Å². The molecule has 61 heavy (non-hydrogen) atoms. The number of likely N-dealkylation sites (tertiary alicyclic amines) is 1. The Morgan fingerprint density at radius 3 is 2.51 bits per heavy atom. The third kappa shape index (κ3) is 8.06. The molecule has 13 nitrogen and oxygen atoms in total. The molecule has 9 rings (SSSR count). The summed E-state index contributed by atoms with van der Waals surface area (Å²) < 4.78 is 25.9. The topological polar surface area (TPSA) is 143 Å². The van der Waals surface area contributed by atoms with Crippen LogP contribution in [0.3, 0.4) is 0 Å². The molecule has 3 aromatic heterocycles. The van der Waals surface area contributed by atoms with Gasteiger partial charge in [-0.25, -0.2) is 4.79 Å². The van der Waals surface area contributed by atoms with Gasteiger partial charge in [-0.05, 0) is 79.8 Å². The number of benzene rings is 3. The van der Waals surface area contributed by atoms with Crippen LogP contribution in [-0.2, 0) is 17.7 Å². The van der Waals surface area contributed by atoms with E-state index >= 15 is 0 Å². The van der Waals surface area contributed by atoms with Gasteiger partial charge in [-0.3, -0.25) is 23.7 Å². The molecular weight excluding hydrogens is 813 g/mol. The molecule has 3 aliphatic heterocycles. The first kappa shape index (κ1) is 40.9. The summed E-state index contributed by atoms with van der Waals surface area (Å²) in [6.45, 7) is 3.90. The van der Waals surface area contributed by atoms with E-state index in [1.807, 2.05) is 90.3 Å². The Morgan fingerprint density at radius 1 is 0.951 bits per heavy atom. The molecule has 1 amide bonds. The fraction of sp³-hybridized carbons (Fsp3) is 0.391. The van der Waals surface area contributed by atoms with E-state index in [-0.39, 0.29) is 29.9 Å². The molecule has 15 heteroatoms. The molecular formula is C46H48N6O7S2. The Kier molecular flexibility index (Phi) is 12.0. The van der Waals surface area contributed by atoms with Gasteiger partial charge in [-0.15, -0.1) is 11.3 Å². The molecule has 0 unspecified atom stereocenters. The molecule has 3 aromatic carbocycles. The highest BCUT2D eigenvalue weighted by molar-refractivity contribution is 7.99. The van der Waals surface area contributed by atoms with Crippen molar-refractivity contribution in [2.75, 3.05) is 52.0 Å². The lowest BCUT2D eigenvalue weighted by Crippen LogP contribution is -2.46. The van der Waals surface area contributed by atoms with Crippen LogP contribution in [0.4, 0.5) is 0 Å². The van der Waals surface area contributed by atoms with Crippen LogP contribution in [0.5, 0.6) is 11.5 Å². The van der Waals surface area contributed by atoms with Crippen molar-refractivity contribution >= 4 is 44.9 Å². The minimum Gasteiger partial charge on any atom is -0.493 e. The summed E-state index contributed by atoms with van der Waals surface area (Å²) in [5.74, 6) is 4.54. The van der Waals surface area contributed by atoms with Crippen LogP contribution < -0.4 is 20.7 Å². The van der Waals surface area contributed by atoms with E-state index in [0.717, 1.165) is 57.4 Å². The second-order valence-corrected chi connectivity index (χ2v) is 17.8. The molecule has 2 atom stereocenters. The highest BCUT2D eigenvalue weighted by atomic mass is 32.2. The number of carbonyl (C=O) groups excluding carboxylic acids is 1. The number of amides is 1. The van der Waals surface area contributed by atoms with Crippen molar-refractivity contribution in [3.63, 3.8) is 0 Å². The Morgan fingerprint density at radius 2 is 1.75 bits per heavy atom. The third-order valence-corrected chi connectivity index (χ3v) is 14.2. The number of methoxy groups -OCH3 is 2. The number of ether oxygens (including phenoxy) is 3. The maximum atomic E-state index is 14.4. The lowest BCUT2D eigenvalue weighted by molar-refractivity contribution is 0.0691. The summed E-state index contributed by atoms with van der Waals surface area (Å²) in [5.41, 5.74) is 5.40. The predicted molar refractivity (Wildman–Crippen MR) is 238 cm³/mol. The molecule has 0 N–H and O–H groups in total. The molecule has 0 bridgehead atoms. The normalized spacial score (nSPS) is 17.8. The van der Waals surface area contributed by atoms with Crippen LogP contribution in [0.25, 0.3) is 20.7 Å². The van der Waals surface area contributed by atoms with Gasteiger partial charge in [0.1, 0.15) is 11.2 Å². The van der Waals surface area contributed by atoms with Gasteiger partial charge in [0.05, 0.1) is 31.0 Å². The smallest absolute Gasteiger partial charge is 0.332 e. The lowest BCUT2D eigenvalue weighted by Gasteiger charge is -2.35. The van der Waals surface area contributed by atoms with Gasteiger partial charge in [-0.1, -0.05) is 47.6 Å². The summed E-state index contributed by atoms with van der Waals surface area (Å²) in [6, 6.07) is 23.4. The Bertz CT molecular complexity index is 2700.